The van der Waals surface area contributed by atoms with Crippen molar-refractivity contribution in [2.45, 2.75) is 31.2 Å². The lowest BCUT2D eigenvalue weighted by atomic mass is 9.84. The van der Waals surface area contributed by atoms with Crippen molar-refractivity contribution < 1.29 is 9.68 Å². The Hall–Kier alpha value is -0.0551. The zero-order chi connectivity index (χ0) is 7.73. The highest BCUT2D eigenvalue weighted by Gasteiger charge is 2.42. The zero-order valence-corrected chi connectivity index (χ0v) is 6.68. The Morgan fingerprint density at radius 3 is 2.91 bits per heavy atom. The molecule has 2 saturated heterocycles. The first-order chi connectivity index (χ1) is 5.31. The van der Waals surface area contributed by atoms with E-state index in [1.807, 2.05) is 0 Å². The normalized spacial score (nSPS) is 38.5. The first kappa shape index (κ1) is 7.59. The summed E-state index contributed by atoms with van der Waals surface area (Å²) >= 11 is 0. The van der Waals surface area contributed by atoms with Crippen LogP contribution in [0.4, 0.5) is 0 Å². The topological polar surface area (TPSA) is 41.5 Å². The molecule has 1 atom stereocenters. The van der Waals surface area contributed by atoms with E-state index in [4.69, 9.17) is 4.65 Å². The number of hydrogen-bond donors (Lipinski definition) is 2. The summed E-state index contributed by atoms with van der Waals surface area (Å²) in [6.45, 7) is 2.02. The van der Waals surface area contributed by atoms with E-state index in [-0.39, 0.29) is 5.60 Å². The van der Waals surface area contributed by atoms with Crippen molar-refractivity contribution in [3.05, 3.63) is 0 Å². The van der Waals surface area contributed by atoms with Crippen molar-refractivity contribution in [1.82, 2.24) is 5.32 Å². The third kappa shape index (κ3) is 1.43. The standard InChI is InChI=1S/C7H14BNO2/c10-8-4-3-7(11-8)2-1-5-9-6-7/h9-10H,1-6H2. The van der Waals surface area contributed by atoms with Crippen LogP contribution < -0.4 is 5.32 Å². The summed E-state index contributed by atoms with van der Waals surface area (Å²) in [5, 5.41) is 12.5. The Morgan fingerprint density at radius 1 is 1.45 bits per heavy atom. The second kappa shape index (κ2) is 2.77. The average molecular weight is 155 g/mol. The Kier molecular flexibility index (Phi) is 1.91. The van der Waals surface area contributed by atoms with E-state index in [0.717, 1.165) is 32.3 Å². The highest BCUT2D eigenvalue weighted by Crippen LogP contribution is 2.33. The van der Waals surface area contributed by atoms with Gasteiger partial charge >= 0.3 is 7.12 Å². The molecular weight excluding hydrogens is 141 g/mol. The van der Waals surface area contributed by atoms with E-state index in [1.165, 1.54) is 6.42 Å². The van der Waals surface area contributed by atoms with E-state index in [2.05, 4.69) is 5.32 Å². The monoisotopic (exact) mass is 155 g/mol. The third-order valence-electron chi connectivity index (χ3n) is 2.67. The summed E-state index contributed by atoms with van der Waals surface area (Å²) in [6.07, 6.45) is 4.10. The molecule has 0 radical (unpaired) electrons. The molecule has 2 aliphatic rings. The summed E-state index contributed by atoms with van der Waals surface area (Å²) in [4.78, 5) is 0. The molecule has 2 N–H and O–H groups in total. The van der Waals surface area contributed by atoms with Crippen LogP contribution in [-0.4, -0.2) is 30.8 Å². The molecule has 2 heterocycles. The van der Waals surface area contributed by atoms with Crippen molar-refractivity contribution in [3.63, 3.8) is 0 Å². The van der Waals surface area contributed by atoms with Gasteiger partial charge in [0.2, 0.25) is 0 Å². The maximum atomic E-state index is 9.20. The second-order valence-corrected chi connectivity index (χ2v) is 3.57. The van der Waals surface area contributed by atoms with E-state index in [0.29, 0.717) is 0 Å². The van der Waals surface area contributed by atoms with Gasteiger partial charge in [-0.15, -0.1) is 0 Å². The summed E-state index contributed by atoms with van der Waals surface area (Å²) in [7, 11) is -0.505. The molecule has 11 heavy (non-hydrogen) atoms. The fourth-order valence-corrected chi connectivity index (χ4v) is 2.05. The molecular formula is C7H14BNO2. The van der Waals surface area contributed by atoms with Gasteiger partial charge in [-0.25, -0.2) is 0 Å². The predicted octanol–water partition coefficient (Wildman–Crippen LogP) is 0.00940. The van der Waals surface area contributed by atoms with Gasteiger partial charge in [0, 0.05) is 6.54 Å². The predicted molar refractivity (Wildman–Crippen MR) is 43.3 cm³/mol. The number of hydrogen-bond acceptors (Lipinski definition) is 3. The highest BCUT2D eigenvalue weighted by molar-refractivity contribution is 6.43. The van der Waals surface area contributed by atoms with Gasteiger partial charge in [-0.05, 0) is 32.1 Å². The molecule has 1 unspecified atom stereocenters. The first-order valence-corrected chi connectivity index (χ1v) is 4.37. The molecule has 2 rings (SSSR count). The maximum absolute atomic E-state index is 9.20. The fourth-order valence-electron chi connectivity index (χ4n) is 2.05. The SMILES string of the molecule is OB1CCC2(CCCNC2)O1. The van der Waals surface area contributed by atoms with Crippen LogP contribution in [0.1, 0.15) is 19.3 Å². The van der Waals surface area contributed by atoms with Crippen molar-refractivity contribution in [2.75, 3.05) is 13.1 Å². The lowest BCUT2D eigenvalue weighted by molar-refractivity contribution is 0.0483. The van der Waals surface area contributed by atoms with Crippen molar-refractivity contribution in [1.29, 1.82) is 0 Å². The van der Waals surface area contributed by atoms with Gasteiger partial charge in [-0.3, -0.25) is 0 Å². The van der Waals surface area contributed by atoms with E-state index < -0.39 is 7.12 Å². The van der Waals surface area contributed by atoms with Crippen LogP contribution in [-0.2, 0) is 4.65 Å². The zero-order valence-electron chi connectivity index (χ0n) is 6.68. The molecule has 4 heteroatoms. The van der Waals surface area contributed by atoms with Crippen LogP contribution in [0.3, 0.4) is 0 Å². The van der Waals surface area contributed by atoms with Crippen molar-refractivity contribution in [3.8, 4) is 0 Å². The van der Waals surface area contributed by atoms with Gasteiger partial charge in [-0.2, -0.15) is 0 Å². The van der Waals surface area contributed by atoms with Crippen molar-refractivity contribution in [2.24, 2.45) is 0 Å². The summed E-state index contributed by atoms with van der Waals surface area (Å²) in [5.74, 6) is 0. The quantitative estimate of drug-likeness (QED) is 0.484. The summed E-state index contributed by atoms with van der Waals surface area (Å²) in [6, 6.07) is 0. The van der Waals surface area contributed by atoms with Crippen LogP contribution in [0.2, 0.25) is 6.32 Å². The molecule has 0 saturated carbocycles. The lowest BCUT2D eigenvalue weighted by Crippen LogP contribution is -2.46. The fraction of sp³-hybridized carbons (Fsp3) is 1.00. The number of rotatable bonds is 0. The minimum Gasteiger partial charge on any atom is -0.427 e. The van der Waals surface area contributed by atoms with Crippen LogP contribution >= 0.6 is 0 Å². The second-order valence-electron chi connectivity index (χ2n) is 3.57. The van der Waals surface area contributed by atoms with Gasteiger partial charge in [0.25, 0.3) is 0 Å². The van der Waals surface area contributed by atoms with Gasteiger partial charge in [0.15, 0.2) is 0 Å². The molecule has 0 aromatic rings. The Labute approximate surface area is 67.3 Å². The number of nitrogens with one attached hydrogen (secondary N) is 1. The van der Waals surface area contributed by atoms with E-state index >= 15 is 0 Å². The molecule has 0 amide bonds. The minimum atomic E-state index is -0.505. The molecule has 2 aliphatic heterocycles. The first-order valence-electron chi connectivity index (χ1n) is 4.37. The Bertz CT molecular complexity index is 142. The third-order valence-corrected chi connectivity index (χ3v) is 2.67. The average Bonchev–Trinajstić information content (AvgIpc) is 2.34. The van der Waals surface area contributed by atoms with Gasteiger partial charge in [0.1, 0.15) is 0 Å². The lowest BCUT2D eigenvalue weighted by Gasteiger charge is -2.33. The summed E-state index contributed by atoms with van der Waals surface area (Å²) in [5.41, 5.74) is -0.0162. The summed E-state index contributed by atoms with van der Waals surface area (Å²) < 4.78 is 5.48. The van der Waals surface area contributed by atoms with Crippen LogP contribution in [0.5, 0.6) is 0 Å². The minimum absolute atomic E-state index is 0.0162. The molecule has 2 fully saturated rings. The van der Waals surface area contributed by atoms with Gasteiger partial charge < -0.3 is 15.0 Å². The van der Waals surface area contributed by atoms with Crippen LogP contribution in [0, 0.1) is 0 Å². The maximum Gasteiger partial charge on any atom is 0.454 e. The largest absolute Gasteiger partial charge is 0.454 e. The number of piperidine rings is 1. The highest BCUT2D eigenvalue weighted by atomic mass is 16.5. The molecule has 3 nitrogen and oxygen atoms in total. The molecule has 1 spiro atoms. The van der Waals surface area contributed by atoms with Gasteiger partial charge in [-0.1, -0.05) is 0 Å². The smallest absolute Gasteiger partial charge is 0.427 e. The molecule has 62 valence electrons. The van der Waals surface area contributed by atoms with Crippen molar-refractivity contribution >= 4 is 7.12 Å². The molecule has 0 aromatic carbocycles. The molecule has 0 aromatic heterocycles. The molecule has 0 bridgehead atoms. The van der Waals surface area contributed by atoms with Gasteiger partial charge in [0.05, 0.1) is 5.60 Å². The molecule has 0 aliphatic carbocycles. The van der Waals surface area contributed by atoms with E-state index in [1.54, 1.807) is 0 Å². The van der Waals surface area contributed by atoms with Crippen LogP contribution in [0.25, 0.3) is 0 Å². The van der Waals surface area contributed by atoms with Crippen LogP contribution in [0.15, 0.2) is 0 Å². The Morgan fingerprint density at radius 2 is 2.36 bits per heavy atom. The van der Waals surface area contributed by atoms with E-state index in [9.17, 15) is 5.02 Å². The Balaban J connectivity index is 1.98.